The maximum atomic E-state index is 6.88. The highest BCUT2D eigenvalue weighted by Crippen LogP contribution is 2.44. The monoisotopic (exact) mass is 493 g/mol. The van der Waals surface area contributed by atoms with Crippen molar-refractivity contribution >= 4 is 40.3 Å². The summed E-state index contributed by atoms with van der Waals surface area (Å²) in [7, 11) is 0. The van der Waals surface area contributed by atoms with E-state index in [0.717, 1.165) is 41.1 Å². The summed E-state index contributed by atoms with van der Waals surface area (Å²) in [4.78, 5) is 9.28. The molecule has 7 heteroatoms. The Balaban J connectivity index is 1.54. The van der Waals surface area contributed by atoms with Crippen LogP contribution in [0.2, 0.25) is 5.02 Å². The average Bonchev–Trinajstić information content (AvgIpc) is 3.45. The first-order valence-electron chi connectivity index (χ1n) is 12.2. The van der Waals surface area contributed by atoms with E-state index >= 15 is 0 Å². The predicted molar refractivity (Wildman–Crippen MR) is 145 cm³/mol. The minimum Gasteiger partial charge on any atom is -0.370 e. The van der Waals surface area contributed by atoms with Crippen LogP contribution in [0.5, 0.6) is 0 Å². The lowest BCUT2D eigenvalue weighted by molar-refractivity contribution is 0.438. The minimum absolute atomic E-state index is 0.0439. The number of hydrogen-bond donors (Lipinski definition) is 1. The topological polar surface area (TPSA) is 36.3 Å². The molecule has 0 radical (unpaired) electrons. The van der Waals surface area contributed by atoms with Crippen LogP contribution in [-0.4, -0.2) is 27.8 Å². The van der Waals surface area contributed by atoms with Crippen LogP contribution >= 0.6 is 23.8 Å². The summed E-state index contributed by atoms with van der Waals surface area (Å²) in [5.41, 5.74) is 4.28. The van der Waals surface area contributed by atoms with Gasteiger partial charge in [0.05, 0.1) is 22.4 Å². The lowest BCUT2D eigenvalue weighted by atomic mass is 9.98. The second-order valence-corrected chi connectivity index (χ2v) is 10.5. The van der Waals surface area contributed by atoms with Crippen molar-refractivity contribution in [1.82, 2.24) is 14.9 Å². The summed E-state index contributed by atoms with van der Waals surface area (Å²) in [5, 5.41) is 5.01. The molecule has 0 spiro atoms. The van der Waals surface area contributed by atoms with Crippen LogP contribution in [0.3, 0.4) is 0 Å². The maximum Gasteiger partial charge on any atom is 0.174 e. The van der Waals surface area contributed by atoms with Crippen molar-refractivity contribution in [2.24, 2.45) is 5.92 Å². The number of nitrogens with zero attached hydrogens (tertiary/aromatic N) is 4. The van der Waals surface area contributed by atoms with Gasteiger partial charge in [-0.05, 0) is 87.3 Å². The van der Waals surface area contributed by atoms with Gasteiger partial charge in [-0.25, -0.2) is 0 Å². The summed E-state index contributed by atoms with van der Waals surface area (Å²) in [6.07, 6.45) is 6.39. The van der Waals surface area contributed by atoms with E-state index in [0.29, 0.717) is 11.2 Å². The number of halogens is 1. The molecule has 0 saturated carbocycles. The number of pyridine rings is 1. The van der Waals surface area contributed by atoms with Gasteiger partial charge in [-0.1, -0.05) is 24.6 Å². The number of aromatic nitrogens is 2. The van der Waals surface area contributed by atoms with Gasteiger partial charge in [0.25, 0.3) is 0 Å². The molecular formula is C27H32ClN5S. The molecule has 34 heavy (non-hydrogen) atoms. The summed E-state index contributed by atoms with van der Waals surface area (Å²) in [6.45, 7) is 8.84. The third-order valence-corrected chi connectivity index (χ3v) is 7.72. The molecule has 178 valence electrons. The summed E-state index contributed by atoms with van der Waals surface area (Å²) < 4.78 is 2.31. The van der Waals surface area contributed by atoms with Crippen molar-refractivity contribution in [2.45, 2.75) is 51.7 Å². The predicted octanol–water partition coefficient (Wildman–Crippen LogP) is 6.53. The van der Waals surface area contributed by atoms with Gasteiger partial charge in [0.15, 0.2) is 5.11 Å². The smallest absolute Gasteiger partial charge is 0.174 e. The summed E-state index contributed by atoms with van der Waals surface area (Å²) >= 11 is 12.8. The second kappa shape index (κ2) is 9.59. The normalized spacial score (nSPS) is 21.4. The van der Waals surface area contributed by atoms with Crippen LogP contribution in [0.25, 0.3) is 0 Å². The first-order chi connectivity index (χ1) is 16.4. The van der Waals surface area contributed by atoms with E-state index in [2.05, 4.69) is 88.0 Å². The Morgan fingerprint density at radius 1 is 1.09 bits per heavy atom. The molecule has 0 amide bonds. The first kappa shape index (κ1) is 23.2. The number of anilines is 2. The Morgan fingerprint density at radius 3 is 2.56 bits per heavy atom. The van der Waals surface area contributed by atoms with Crippen molar-refractivity contribution < 1.29 is 0 Å². The van der Waals surface area contributed by atoms with Crippen LogP contribution in [0.15, 0.2) is 60.9 Å². The van der Waals surface area contributed by atoms with Crippen molar-refractivity contribution in [3.63, 3.8) is 0 Å². The SMILES string of the molecule is CC1CCN(c2ccc(N3C(=S)N[C@@H](c4ccccn4)[C@@H]3c3cccn3C(C)C)cc2Cl)CC1. The molecule has 1 N–H and O–H groups in total. The molecule has 0 unspecified atom stereocenters. The van der Waals surface area contributed by atoms with Crippen LogP contribution < -0.4 is 15.1 Å². The zero-order valence-electron chi connectivity index (χ0n) is 20.0. The molecular weight excluding hydrogens is 462 g/mol. The van der Waals surface area contributed by atoms with E-state index in [1.807, 2.05) is 18.3 Å². The highest BCUT2D eigenvalue weighted by molar-refractivity contribution is 7.80. The Morgan fingerprint density at radius 2 is 1.88 bits per heavy atom. The minimum atomic E-state index is -0.0665. The van der Waals surface area contributed by atoms with Crippen LogP contribution in [0.4, 0.5) is 11.4 Å². The fourth-order valence-electron chi connectivity index (χ4n) is 5.21. The van der Waals surface area contributed by atoms with Crippen LogP contribution in [0.1, 0.15) is 63.1 Å². The first-order valence-corrected chi connectivity index (χ1v) is 12.9. The van der Waals surface area contributed by atoms with Gasteiger partial charge in [0, 0.05) is 42.9 Å². The van der Waals surface area contributed by atoms with E-state index in [9.17, 15) is 0 Å². The van der Waals surface area contributed by atoms with E-state index in [-0.39, 0.29) is 12.1 Å². The molecule has 2 saturated heterocycles. The molecule has 2 atom stereocenters. The Labute approximate surface area is 212 Å². The van der Waals surface area contributed by atoms with Gasteiger partial charge in [-0.3, -0.25) is 4.98 Å². The fourth-order valence-corrected chi connectivity index (χ4v) is 5.85. The van der Waals surface area contributed by atoms with Crippen molar-refractivity contribution in [3.8, 4) is 0 Å². The molecule has 0 bridgehead atoms. The number of rotatable bonds is 5. The van der Waals surface area contributed by atoms with Crippen molar-refractivity contribution in [3.05, 3.63) is 77.3 Å². The third-order valence-electron chi connectivity index (χ3n) is 7.10. The van der Waals surface area contributed by atoms with Gasteiger partial charge in [0.2, 0.25) is 0 Å². The van der Waals surface area contributed by atoms with Gasteiger partial charge >= 0.3 is 0 Å². The Kier molecular flexibility index (Phi) is 6.54. The summed E-state index contributed by atoms with van der Waals surface area (Å²) in [5.74, 6) is 0.781. The van der Waals surface area contributed by atoms with Gasteiger partial charge in [-0.2, -0.15) is 0 Å². The molecule has 1 aromatic carbocycles. The molecule has 2 aromatic heterocycles. The van der Waals surface area contributed by atoms with Gasteiger partial charge in [-0.15, -0.1) is 0 Å². The molecule has 5 rings (SSSR count). The third kappa shape index (κ3) is 4.29. The lowest BCUT2D eigenvalue weighted by Crippen LogP contribution is -2.33. The van der Waals surface area contributed by atoms with E-state index in [4.69, 9.17) is 23.8 Å². The van der Waals surface area contributed by atoms with Crippen LogP contribution in [0, 0.1) is 5.92 Å². The lowest BCUT2D eigenvalue weighted by Gasteiger charge is -2.34. The maximum absolute atomic E-state index is 6.88. The van der Waals surface area contributed by atoms with Gasteiger partial charge < -0.3 is 19.7 Å². The number of benzene rings is 1. The Hall–Kier alpha value is -2.57. The van der Waals surface area contributed by atoms with Crippen LogP contribution in [-0.2, 0) is 0 Å². The highest BCUT2D eigenvalue weighted by Gasteiger charge is 2.42. The molecule has 0 aliphatic carbocycles. The molecule has 3 aromatic rings. The van der Waals surface area contributed by atoms with E-state index in [1.54, 1.807) is 0 Å². The second-order valence-electron chi connectivity index (χ2n) is 9.74. The standard InChI is InChI=1S/C27H32ClN5S/c1-18(2)32-14-6-8-24(32)26-25(22-7-4-5-13-29-22)30-27(34)33(26)20-9-10-23(21(28)17-20)31-15-11-19(3)12-16-31/h4-10,13-14,17-19,25-26H,11-12,15-16H2,1-3H3,(H,30,34)/t25-,26-/m0/s1. The zero-order chi connectivity index (χ0) is 23.8. The molecule has 4 heterocycles. The van der Waals surface area contributed by atoms with Gasteiger partial charge in [0.1, 0.15) is 6.04 Å². The number of piperidine rings is 1. The number of nitrogens with one attached hydrogen (secondary N) is 1. The molecule has 2 aliphatic heterocycles. The number of hydrogen-bond acceptors (Lipinski definition) is 3. The number of thiocarbonyl (C=S) groups is 1. The average molecular weight is 494 g/mol. The fraction of sp³-hybridized carbons (Fsp3) is 0.407. The largest absolute Gasteiger partial charge is 0.370 e. The van der Waals surface area contributed by atoms with Crippen molar-refractivity contribution in [1.29, 1.82) is 0 Å². The Bertz CT molecular complexity index is 1150. The van der Waals surface area contributed by atoms with E-state index in [1.165, 1.54) is 18.5 Å². The summed E-state index contributed by atoms with van der Waals surface area (Å²) in [6, 6.07) is 16.9. The highest BCUT2D eigenvalue weighted by atomic mass is 35.5. The van der Waals surface area contributed by atoms with Crippen molar-refractivity contribution in [2.75, 3.05) is 22.9 Å². The zero-order valence-corrected chi connectivity index (χ0v) is 21.6. The molecule has 5 nitrogen and oxygen atoms in total. The molecule has 2 fully saturated rings. The quantitative estimate of drug-likeness (QED) is 0.409. The van der Waals surface area contributed by atoms with E-state index < -0.39 is 0 Å². The molecule has 2 aliphatic rings.